The van der Waals surface area contributed by atoms with Crippen molar-refractivity contribution in [2.24, 2.45) is 0 Å². The van der Waals surface area contributed by atoms with Gasteiger partial charge in [0.25, 0.3) is 5.91 Å². The summed E-state index contributed by atoms with van der Waals surface area (Å²) in [6.07, 6.45) is 4.06. The number of carbonyl (C=O) groups excluding carboxylic acids is 2. The van der Waals surface area contributed by atoms with Crippen LogP contribution in [0.5, 0.6) is 0 Å². The number of rotatable bonds is 4. The molecule has 136 valence electrons. The van der Waals surface area contributed by atoms with Crippen molar-refractivity contribution >= 4 is 40.1 Å². The molecule has 1 N–H and O–H groups in total. The summed E-state index contributed by atoms with van der Waals surface area (Å²) in [6, 6.07) is 11.2. The second-order valence-electron chi connectivity index (χ2n) is 6.34. The number of hydrogen-bond donors (Lipinski definition) is 1. The van der Waals surface area contributed by atoms with Gasteiger partial charge >= 0.3 is 0 Å². The molecule has 7 heteroatoms. The van der Waals surface area contributed by atoms with Gasteiger partial charge in [-0.2, -0.15) is 0 Å². The number of alkyl halides is 1. The Morgan fingerprint density at radius 3 is 2.74 bits per heavy atom. The molecule has 0 bridgehead atoms. The molecule has 0 spiro atoms. The molecular formula is C20H17ClN4O2. The fourth-order valence-corrected chi connectivity index (χ4v) is 3.40. The molecule has 0 fully saturated rings. The Bertz CT molecular complexity index is 1040. The fourth-order valence-electron chi connectivity index (χ4n) is 3.25. The van der Waals surface area contributed by atoms with Gasteiger partial charge in [-0.25, -0.2) is 0 Å². The maximum atomic E-state index is 12.5. The second-order valence-corrected chi connectivity index (χ2v) is 6.61. The third-order valence-electron chi connectivity index (χ3n) is 4.62. The molecule has 1 aliphatic rings. The van der Waals surface area contributed by atoms with E-state index in [-0.39, 0.29) is 17.7 Å². The monoisotopic (exact) mass is 380 g/mol. The summed E-state index contributed by atoms with van der Waals surface area (Å²) < 4.78 is 0. The molecule has 3 aromatic rings. The molecule has 0 saturated carbocycles. The van der Waals surface area contributed by atoms with Gasteiger partial charge in [0.05, 0.1) is 17.6 Å². The van der Waals surface area contributed by atoms with Crippen molar-refractivity contribution in [2.45, 2.75) is 13.0 Å². The van der Waals surface area contributed by atoms with Crippen molar-refractivity contribution in [1.29, 1.82) is 0 Å². The maximum absolute atomic E-state index is 12.5. The minimum Gasteiger partial charge on any atom is -0.352 e. The highest BCUT2D eigenvalue weighted by Crippen LogP contribution is 2.25. The number of anilines is 1. The number of amides is 2. The minimum atomic E-state index is -0.230. The zero-order valence-corrected chi connectivity index (χ0v) is 15.2. The molecular weight excluding hydrogens is 364 g/mol. The summed E-state index contributed by atoms with van der Waals surface area (Å²) in [7, 11) is 0. The molecule has 6 nitrogen and oxygen atoms in total. The van der Waals surface area contributed by atoms with Gasteiger partial charge in [0, 0.05) is 30.2 Å². The summed E-state index contributed by atoms with van der Waals surface area (Å²) in [5.74, 6) is -0.485. The number of nitrogens with zero attached hydrogens (tertiary/aromatic N) is 3. The number of aromatic nitrogens is 2. The van der Waals surface area contributed by atoms with Crippen LogP contribution in [0.3, 0.4) is 0 Å². The van der Waals surface area contributed by atoms with E-state index in [2.05, 4.69) is 15.3 Å². The Labute approximate surface area is 161 Å². The number of carbonyl (C=O) groups is 2. The molecule has 0 aliphatic carbocycles. The first-order chi connectivity index (χ1) is 13.2. The van der Waals surface area contributed by atoms with Crippen LogP contribution in [-0.2, 0) is 17.8 Å². The lowest BCUT2D eigenvalue weighted by Crippen LogP contribution is -2.34. The van der Waals surface area contributed by atoms with Crippen LogP contribution in [0.25, 0.3) is 11.0 Å². The predicted molar refractivity (Wildman–Crippen MR) is 104 cm³/mol. The quantitative estimate of drug-likeness (QED) is 0.706. The third-order valence-corrected chi connectivity index (χ3v) is 4.85. The smallest absolute Gasteiger partial charge is 0.251 e. The van der Waals surface area contributed by atoms with Gasteiger partial charge in [-0.3, -0.25) is 19.6 Å². The van der Waals surface area contributed by atoms with Crippen LogP contribution >= 0.6 is 11.6 Å². The summed E-state index contributed by atoms with van der Waals surface area (Å²) in [6.45, 7) is 0.964. The third kappa shape index (κ3) is 3.48. The standard InChI is InChI=1S/C20H17ClN4O2/c21-11-19(26)25(12-13-1-4-17-18(9-13)23-8-7-22-17)15-3-2-14-5-6-24-20(27)16(14)10-15/h1-4,7-10H,5-6,11-12H2,(H,24,27). The molecule has 4 rings (SSSR count). The second kappa shape index (κ2) is 7.32. The van der Waals surface area contributed by atoms with Crippen LogP contribution in [-0.4, -0.2) is 34.2 Å². The Morgan fingerprint density at radius 2 is 1.93 bits per heavy atom. The van der Waals surface area contributed by atoms with Gasteiger partial charge in [0.1, 0.15) is 5.88 Å². The molecule has 27 heavy (non-hydrogen) atoms. The molecule has 1 aromatic heterocycles. The van der Waals surface area contributed by atoms with Crippen LogP contribution in [0, 0.1) is 0 Å². The van der Waals surface area contributed by atoms with Crippen molar-refractivity contribution in [3.8, 4) is 0 Å². The first-order valence-electron chi connectivity index (χ1n) is 8.63. The molecule has 2 heterocycles. The SMILES string of the molecule is O=C1NCCc2ccc(N(Cc3ccc4nccnc4c3)C(=O)CCl)cc21. The first-order valence-corrected chi connectivity index (χ1v) is 9.16. The van der Waals surface area contributed by atoms with E-state index in [9.17, 15) is 9.59 Å². The number of nitrogens with one attached hydrogen (secondary N) is 1. The Hall–Kier alpha value is -2.99. The van der Waals surface area contributed by atoms with Crippen molar-refractivity contribution in [2.75, 3.05) is 17.3 Å². The van der Waals surface area contributed by atoms with Gasteiger partial charge in [-0.15, -0.1) is 11.6 Å². The Morgan fingerprint density at radius 1 is 1.11 bits per heavy atom. The number of fused-ring (bicyclic) bond motifs is 2. The van der Waals surface area contributed by atoms with Gasteiger partial charge in [-0.05, 0) is 41.8 Å². The van der Waals surface area contributed by atoms with E-state index < -0.39 is 0 Å². The Balaban J connectivity index is 1.70. The molecule has 0 radical (unpaired) electrons. The van der Waals surface area contributed by atoms with Crippen LogP contribution in [0.1, 0.15) is 21.5 Å². The average Bonchev–Trinajstić information content (AvgIpc) is 2.71. The molecule has 0 unspecified atom stereocenters. The lowest BCUT2D eigenvalue weighted by atomic mass is 9.99. The lowest BCUT2D eigenvalue weighted by molar-refractivity contribution is -0.116. The van der Waals surface area contributed by atoms with E-state index in [0.29, 0.717) is 24.3 Å². The van der Waals surface area contributed by atoms with Crippen molar-refractivity contribution < 1.29 is 9.59 Å². The van der Waals surface area contributed by atoms with E-state index in [4.69, 9.17) is 11.6 Å². The first kappa shape index (κ1) is 17.4. The average molecular weight is 381 g/mol. The highest BCUT2D eigenvalue weighted by molar-refractivity contribution is 6.29. The van der Waals surface area contributed by atoms with Crippen molar-refractivity contribution in [3.05, 3.63) is 65.5 Å². The normalized spacial score (nSPS) is 13.1. The summed E-state index contributed by atoms with van der Waals surface area (Å²) >= 11 is 5.84. The number of halogens is 1. The molecule has 0 saturated heterocycles. The summed E-state index contributed by atoms with van der Waals surface area (Å²) in [5.41, 5.74) is 4.71. The zero-order chi connectivity index (χ0) is 18.8. The van der Waals surface area contributed by atoms with Crippen molar-refractivity contribution in [1.82, 2.24) is 15.3 Å². The minimum absolute atomic E-state index is 0.114. The van der Waals surface area contributed by atoms with E-state index in [1.165, 1.54) is 0 Å². The molecule has 2 amide bonds. The summed E-state index contributed by atoms with van der Waals surface area (Å²) in [4.78, 5) is 34.8. The zero-order valence-electron chi connectivity index (χ0n) is 14.5. The topological polar surface area (TPSA) is 75.2 Å². The summed E-state index contributed by atoms with van der Waals surface area (Å²) in [5, 5.41) is 2.83. The number of benzene rings is 2. The Kier molecular flexibility index (Phi) is 4.73. The predicted octanol–water partition coefficient (Wildman–Crippen LogP) is 2.69. The van der Waals surface area contributed by atoms with Crippen LogP contribution in [0.2, 0.25) is 0 Å². The van der Waals surface area contributed by atoms with Crippen LogP contribution in [0.4, 0.5) is 5.69 Å². The largest absolute Gasteiger partial charge is 0.352 e. The van der Waals surface area contributed by atoms with Crippen LogP contribution in [0.15, 0.2) is 48.8 Å². The van der Waals surface area contributed by atoms with Crippen molar-refractivity contribution in [3.63, 3.8) is 0 Å². The highest BCUT2D eigenvalue weighted by atomic mass is 35.5. The fraction of sp³-hybridized carbons (Fsp3) is 0.200. The van der Waals surface area contributed by atoms with Gasteiger partial charge in [0.2, 0.25) is 5.91 Å². The molecule has 2 aromatic carbocycles. The van der Waals surface area contributed by atoms with E-state index >= 15 is 0 Å². The lowest BCUT2D eigenvalue weighted by Gasteiger charge is -2.25. The number of hydrogen-bond acceptors (Lipinski definition) is 4. The van der Waals surface area contributed by atoms with E-state index in [1.54, 1.807) is 23.4 Å². The van der Waals surface area contributed by atoms with Gasteiger partial charge in [-0.1, -0.05) is 12.1 Å². The molecule has 0 atom stereocenters. The highest BCUT2D eigenvalue weighted by Gasteiger charge is 2.21. The maximum Gasteiger partial charge on any atom is 0.251 e. The van der Waals surface area contributed by atoms with Gasteiger partial charge in [0.15, 0.2) is 0 Å². The van der Waals surface area contributed by atoms with Crippen LogP contribution < -0.4 is 10.2 Å². The van der Waals surface area contributed by atoms with Gasteiger partial charge < -0.3 is 10.2 Å². The van der Waals surface area contributed by atoms with E-state index in [0.717, 1.165) is 28.6 Å². The van der Waals surface area contributed by atoms with E-state index in [1.807, 2.05) is 30.3 Å². The molecule has 1 aliphatic heterocycles.